The van der Waals surface area contributed by atoms with Crippen LogP contribution in [0.2, 0.25) is 0 Å². The fourth-order valence-corrected chi connectivity index (χ4v) is 1.55. The van der Waals surface area contributed by atoms with Crippen molar-refractivity contribution in [2.45, 2.75) is 45.1 Å². The molecule has 0 spiro atoms. The van der Waals surface area contributed by atoms with Crippen molar-refractivity contribution in [3.8, 4) is 0 Å². The lowest BCUT2D eigenvalue weighted by Crippen LogP contribution is -2.27. The van der Waals surface area contributed by atoms with E-state index in [-0.39, 0.29) is 5.60 Å². The first-order chi connectivity index (χ1) is 5.66. The van der Waals surface area contributed by atoms with Gasteiger partial charge in [-0.25, -0.2) is 4.79 Å². The Labute approximate surface area is 73.0 Å². The molecule has 0 saturated heterocycles. The predicted molar refractivity (Wildman–Crippen MR) is 44.4 cm³/mol. The molecular formula is C9H15O3. The Hall–Kier alpha value is -0.730. The molecule has 0 aromatic rings. The van der Waals surface area contributed by atoms with Gasteiger partial charge in [-0.1, -0.05) is 0 Å². The molecule has 0 aliphatic heterocycles. The lowest BCUT2D eigenvalue weighted by atomic mass is 10.1. The highest BCUT2D eigenvalue weighted by Gasteiger charge is 2.33. The Morgan fingerprint density at radius 3 is 2.50 bits per heavy atom. The van der Waals surface area contributed by atoms with Gasteiger partial charge in [0.2, 0.25) is 0 Å². The highest BCUT2D eigenvalue weighted by molar-refractivity contribution is 5.61. The number of rotatable bonds is 2. The molecule has 0 bridgehead atoms. The topological polar surface area (TPSA) is 35.5 Å². The molecule has 1 fully saturated rings. The minimum Gasteiger partial charge on any atom is -0.428 e. The first-order valence-electron chi connectivity index (χ1n) is 4.34. The lowest BCUT2D eigenvalue weighted by molar-refractivity contribution is -0.0117. The zero-order valence-corrected chi connectivity index (χ0v) is 7.63. The van der Waals surface area contributed by atoms with E-state index in [9.17, 15) is 4.79 Å². The summed E-state index contributed by atoms with van der Waals surface area (Å²) >= 11 is 0. The van der Waals surface area contributed by atoms with Gasteiger partial charge in [0, 0.05) is 0 Å². The molecule has 0 aromatic carbocycles. The fourth-order valence-electron chi connectivity index (χ4n) is 1.55. The van der Waals surface area contributed by atoms with Crippen LogP contribution in [0.4, 0.5) is 4.79 Å². The summed E-state index contributed by atoms with van der Waals surface area (Å²) in [5.74, 6) is 0. The second-order valence-corrected chi connectivity index (χ2v) is 3.36. The van der Waals surface area contributed by atoms with Gasteiger partial charge in [-0.15, -0.1) is 0 Å². The molecule has 1 radical (unpaired) electrons. The Morgan fingerprint density at radius 2 is 2.00 bits per heavy atom. The van der Waals surface area contributed by atoms with Crippen molar-refractivity contribution in [3.05, 3.63) is 6.61 Å². The highest BCUT2D eigenvalue weighted by Crippen LogP contribution is 2.32. The smallest absolute Gasteiger partial charge is 0.428 e. The summed E-state index contributed by atoms with van der Waals surface area (Å²) in [6.45, 7) is 4.94. The molecule has 0 aromatic heterocycles. The van der Waals surface area contributed by atoms with Crippen LogP contribution >= 0.6 is 0 Å². The van der Waals surface area contributed by atoms with E-state index in [0.717, 1.165) is 25.7 Å². The molecule has 0 N–H and O–H groups in total. The number of carbonyl (C=O) groups excluding carboxylic acids is 1. The summed E-state index contributed by atoms with van der Waals surface area (Å²) in [4.78, 5) is 10.9. The van der Waals surface area contributed by atoms with Gasteiger partial charge in [-0.2, -0.15) is 0 Å². The number of hydrogen-bond donors (Lipinski definition) is 0. The minimum absolute atomic E-state index is 0.278. The molecule has 1 aliphatic carbocycles. The summed E-state index contributed by atoms with van der Waals surface area (Å²) in [6.07, 6.45) is 3.60. The van der Waals surface area contributed by atoms with Gasteiger partial charge in [0.1, 0.15) is 12.2 Å². The second kappa shape index (κ2) is 3.78. The van der Waals surface area contributed by atoms with Crippen molar-refractivity contribution in [2.24, 2.45) is 0 Å². The van der Waals surface area contributed by atoms with Gasteiger partial charge in [0.25, 0.3) is 0 Å². The van der Waals surface area contributed by atoms with Crippen LogP contribution in [0.3, 0.4) is 0 Å². The standard InChI is InChI=1S/C9H15O3/c1-3-11-8(10)12-9(2)6-4-5-7-9/h3H,4-7H2,1-2H3. The van der Waals surface area contributed by atoms with Crippen LogP contribution in [-0.4, -0.2) is 11.8 Å². The molecule has 0 unspecified atom stereocenters. The van der Waals surface area contributed by atoms with E-state index in [1.807, 2.05) is 6.92 Å². The van der Waals surface area contributed by atoms with E-state index < -0.39 is 6.16 Å². The van der Waals surface area contributed by atoms with E-state index in [1.165, 1.54) is 6.61 Å². The molecule has 3 nitrogen and oxygen atoms in total. The zero-order valence-electron chi connectivity index (χ0n) is 7.63. The molecule has 1 saturated carbocycles. The Kier molecular flexibility index (Phi) is 2.95. The van der Waals surface area contributed by atoms with Crippen molar-refractivity contribution in [3.63, 3.8) is 0 Å². The van der Waals surface area contributed by atoms with Crippen LogP contribution in [0.15, 0.2) is 0 Å². The molecule has 3 heteroatoms. The van der Waals surface area contributed by atoms with Gasteiger partial charge in [0.15, 0.2) is 0 Å². The van der Waals surface area contributed by atoms with Crippen LogP contribution in [0.1, 0.15) is 39.5 Å². The van der Waals surface area contributed by atoms with E-state index in [0.29, 0.717) is 0 Å². The van der Waals surface area contributed by atoms with Crippen LogP contribution in [-0.2, 0) is 9.47 Å². The van der Waals surface area contributed by atoms with E-state index in [4.69, 9.17) is 4.74 Å². The van der Waals surface area contributed by atoms with Gasteiger partial charge >= 0.3 is 6.16 Å². The Bertz CT molecular complexity index is 159. The van der Waals surface area contributed by atoms with Gasteiger partial charge in [-0.3, -0.25) is 0 Å². The average Bonchev–Trinajstić information content (AvgIpc) is 2.36. The predicted octanol–water partition coefficient (Wildman–Crippen LogP) is 2.65. The quantitative estimate of drug-likeness (QED) is 0.599. The molecular weight excluding hydrogens is 156 g/mol. The maximum Gasteiger partial charge on any atom is 0.509 e. The van der Waals surface area contributed by atoms with Crippen molar-refractivity contribution in [1.82, 2.24) is 0 Å². The van der Waals surface area contributed by atoms with E-state index in [2.05, 4.69) is 4.74 Å². The van der Waals surface area contributed by atoms with Crippen molar-refractivity contribution < 1.29 is 14.3 Å². The van der Waals surface area contributed by atoms with Crippen molar-refractivity contribution >= 4 is 6.16 Å². The van der Waals surface area contributed by atoms with Gasteiger partial charge in [-0.05, 0) is 39.5 Å². The number of ether oxygens (including phenoxy) is 2. The molecule has 0 heterocycles. The molecule has 12 heavy (non-hydrogen) atoms. The van der Waals surface area contributed by atoms with Crippen LogP contribution in [0.25, 0.3) is 0 Å². The molecule has 1 aliphatic rings. The molecule has 69 valence electrons. The van der Waals surface area contributed by atoms with Gasteiger partial charge in [0.05, 0.1) is 0 Å². The molecule has 0 atom stereocenters. The zero-order chi connectivity index (χ0) is 9.03. The largest absolute Gasteiger partial charge is 0.509 e. The Morgan fingerprint density at radius 1 is 1.42 bits per heavy atom. The maximum absolute atomic E-state index is 10.9. The lowest BCUT2D eigenvalue weighted by Gasteiger charge is -2.22. The molecule has 0 amide bonds. The normalized spacial score (nSPS) is 20.5. The fraction of sp³-hybridized carbons (Fsp3) is 0.778. The first kappa shape index (κ1) is 9.36. The maximum atomic E-state index is 10.9. The number of carbonyl (C=O) groups is 1. The van der Waals surface area contributed by atoms with E-state index >= 15 is 0 Å². The van der Waals surface area contributed by atoms with Crippen molar-refractivity contribution in [1.29, 1.82) is 0 Å². The first-order valence-corrected chi connectivity index (χ1v) is 4.34. The van der Waals surface area contributed by atoms with Crippen LogP contribution < -0.4 is 0 Å². The third-order valence-corrected chi connectivity index (χ3v) is 2.21. The Balaban J connectivity index is 2.33. The monoisotopic (exact) mass is 171 g/mol. The highest BCUT2D eigenvalue weighted by atomic mass is 16.7. The van der Waals surface area contributed by atoms with E-state index in [1.54, 1.807) is 6.92 Å². The van der Waals surface area contributed by atoms with Crippen LogP contribution in [0.5, 0.6) is 0 Å². The summed E-state index contributed by atoms with van der Waals surface area (Å²) < 4.78 is 9.73. The average molecular weight is 171 g/mol. The SMILES string of the molecule is C[CH]OC(=O)OC1(C)CCCC1. The third kappa shape index (κ3) is 2.40. The van der Waals surface area contributed by atoms with Crippen molar-refractivity contribution in [2.75, 3.05) is 0 Å². The third-order valence-electron chi connectivity index (χ3n) is 2.21. The summed E-state index contributed by atoms with van der Waals surface area (Å²) in [6, 6.07) is 0. The summed E-state index contributed by atoms with van der Waals surface area (Å²) in [7, 11) is 0. The van der Waals surface area contributed by atoms with Crippen LogP contribution in [0, 0.1) is 6.61 Å². The minimum atomic E-state index is -0.582. The molecule has 1 rings (SSSR count). The number of hydrogen-bond acceptors (Lipinski definition) is 3. The summed E-state index contributed by atoms with van der Waals surface area (Å²) in [5.41, 5.74) is -0.278. The summed E-state index contributed by atoms with van der Waals surface area (Å²) in [5, 5.41) is 0. The second-order valence-electron chi connectivity index (χ2n) is 3.36. The van der Waals surface area contributed by atoms with Gasteiger partial charge < -0.3 is 9.47 Å².